The molecule has 0 aliphatic rings. The van der Waals surface area contributed by atoms with Gasteiger partial charge in [-0.05, 0) is 19.3 Å². The van der Waals surface area contributed by atoms with E-state index in [-0.39, 0.29) is 5.54 Å². The molecule has 0 unspecified atom stereocenters. The van der Waals surface area contributed by atoms with Crippen LogP contribution in [0.1, 0.15) is 188 Å². The van der Waals surface area contributed by atoms with E-state index in [1.807, 2.05) is 0 Å². The summed E-state index contributed by atoms with van der Waals surface area (Å²) in [4.78, 5) is 0. The zero-order valence-electron chi connectivity index (χ0n) is 22.5. The predicted octanol–water partition coefficient (Wildman–Crippen LogP) is 10.9. The summed E-state index contributed by atoms with van der Waals surface area (Å²) in [5.41, 5.74) is 7.15. The van der Waals surface area contributed by atoms with Crippen molar-refractivity contribution in [2.45, 2.75) is 193 Å². The Balaban J connectivity index is 4.02. The summed E-state index contributed by atoms with van der Waals surface area (Å²) in [5, 5.41) is 0. The van der Waals surface area contributed by atoms with Crippen molar-refractivity contribution >= 4 is 0 Å². The number of unbranched alkanes of at least 4 members (excludes halogenated alkanes) is 20. The Kier molecular flexibility index (Phi) is 24.6. The molecule has 0 aromatic carbocycles. The third-order valence-electron chi connectivity index (χ3n) is 7.33. The van der Waals surface area contributed by atoms with Gasteiger partial charge in [0.1, 0.15) is 0 Å². The van der Waals surface area contributed by atoms with Crippen LogP contribution in [0.3, 0.4) is 0 Å². The zero-order valence-corrected chi connectivity index (χ0v) is 22.5. The molecular formula is C30H63N. The van der Waals surface area contributed by atoms with Gasteiger partial charge in [0.15, 0.2) is 0 Å². The molecule has 0 spiro atoms. The fourth-order valence-electron chi connectivity index (χ4n) is 5.03. The van der Waals surface area contributed by atoms with Gasteiger partial charge >= 0.3 is 0 Å². The van der Waals surface area contributed by atoms with Gasteiger partial charge in [0.05, 0.1) is 0 Å². The van der Waals surface area contributed by atoms with E-state index in [0.29, 0.717) is 0 Å². The Bertz CT molecular complexity index is 306. The van der Waals surface area contributed by atoms with Gasteiger partial charge in [-0.1, -0.05) is 168 Å². The molecule has 0 aromatic heterocycles. The van der Waals surface area contributed by atoms with Crippen LogP contribution in [0.4, 0.5) is 0 Å². The Morgan fingerprint density at radius 1 is 0.323 bits per heavy atom. The summed E-state index contributed by atoms with van der Waals surface area (Å²) in [6.45, 7) is 6.91. The Morgan fingerprint density at radius 2 is 0.516 bits per heavy atom. The summed E-state index contributed by atoms with van der Waals surface area (Å²) in [7, 11) is 0. The molecular weight excluding hydrogens is 374 g/mol. The van der Waals surface area contributed by atoms with E-state index in [1.54, 1.807) is 0 Å². The van der Waals surface area contributed by atoms with E-state index in [4.69, 9.17) is 5.73 Å². The third kappa shape index (κ3) is 22.9. The zero-order chi connectivity index (χ0) is 22.9. The quantitative estimate of drug-likeness (QED) is 0.134. The first kappa shape index (κ1) is 31.0. The number of hydrogen-bond acceptors (Lipinski definition) is 1. The van der Waals surface area contributed by atoms with Crippen LogP contribution < -0.4 is 5.73 Å². The Morgan fingerprint density at radius 3 is 0.742 bits per heavy atom. The highest BCUT2D eigenvalue weighted by Gasteiger charge is 2.23. The molecule has 0 saturated heterocycles. The van der Waals surface area contributed by atoms with Gasteiger partial charge in [0.25, 0.3) is 0 Å². The van der Waals surface area contributed by atoms with Crippen LogP contribution in [0.15, 0.2) is 0 Å². The first-order valence-electron chi connectivity index (χ1n) is 15.0. The van der Waals surface area contributed by atoms with Gasteiger partial charge in [-0.3, -0.25) is 0 Å². The molecule has 1 heteroatoms. The van der Waals surface area contributed by atoms with E-state index in [2.05, 4.69) is 20.8 Å². The fourth-order valence-corrected chi connectivity index (χ4v) is 5.03. The van der Waals surface area contributed by atoms with Crippen molar-refractivity contribution in [1.29, 1.82) is 0 Å². The Labute approximate surface area is 199 Å². The topological polar surface area (TPSA) is 26.0 Å². The molecule has 0 amide bonds. The maximum absolute atomic E-state index is 7.02. The Hall–Kier alpha value is -0.0400. The van der Waals surface area contributed by atoms with Gasteiger partial charge in [0.2, 0.25) is 0 Å². The molecule has 0 aliphatic carbocycles. The van der Waals surface area contributed by atoms with E-state index in [1.165, 1.54) is 167 Å². The highest BCUT2D eigenvalue weighted by atomic mass is 14.7. The second-order valence-electron chi connectivity index (χ2n) is 10.7. The van der Waals surface area contributed by atoms with Crippen LogP contribution in [0.25, 0.3) is 0 Å². The van der Waals surface area contributed by atoms with Crippen LogP contribution in [0, 0.1) is 0 Å². The lowest BCUT2D eigenvalue weighted by Crippen LogP contribution is -2.39. The lowest BCUT2D eigenvalue weighted by Gasteiger charge is -2.30. The molecule has 1 nitrogen and oxygen atoms in total. The molecule has 0 atom stereocenters. The number of hydrogen-bond donors (Lipinski definition) is 1. The molecule has 0 aromatic rings. The minimum Gasteiger partial charge on any atom is -0.325 e. The summed E-state index contributed by atoms with van der Waals surface area (Å²) < 4.78 is 0. The predicted molar refractivity (Wildman–Crippen MR) is 144 cm³/mol. The van der Waals surface area contributed by atoms with Crippen LogP contribution >= 0.6 is 0 Å². The van der Waals surface area contributed by atoms with E-state index in [9.17, 15) is 0 Å². The molecule has 0 radical (unpaired) electrons. The molecule has 0 rings (SSSR count). The van der Waals surface area contributed by atoms with Crippen molar-refractivity contribution in [2.24, 2.45) is 5.73 Å². The molecule has 2 N–H and O–H groups in total. The fraction of sp³-hybridized carbons (Fsp3) is 1.00. The van der Waals surface area contributed by atoms with Gasteiger partial charge in [-0.25, -0.2) is 0 Å². The van der Waals surface area contributed by atoms with Gasteiger partial charge < -0.3 is 5.73 Å². The van der Waals surface area contributed by atoms with Crippen molar-refractivity contribution in [1.82, 2.24) is 0 Å². The molecule has 0 saturated carbocycles. The minimum atomic E-state index is 0.133. The van der Waals surface area contributed by atoms with Crippen molar-refractivity contribution in [3.63, 3.8) is 0 Å². The molecule has 0 aliphatic heterocycles. The number of nitrogens with two attached hydrogens (primary N) is 1. The van der Waals surface area contributed by atoms with Gasteiger partial charge in [-0.15, -0.1) is 0 Å². The SMILES string of the molecule is CCCCCCCCCCCC(N)(CCCCCCCCC)CCCCCCCCC. The van der Waals surface area contributed by atoms with Crippen molar-refractivity contribution < 1.29 is 0 Å². The van der Waals surface area contributed by atoms with Crippen LogP contribution in [-0.2, 0) is 0 Å². The van der Waals surface area contributed by atoms with Gasteiger partial charge in [0, 0.05) is 5.54 Å². The summed E-state index contributed by atoms with van der Waals surface area (Å²) >= 11 is 0. The van der Waals surface area contributed by atoms with E-state index < -0.39 is 0 Å². The lowest BCUT2D eigenvalue weighted by molar-refractivity contribution is 0.302. The highest BCUT2D eigenvalue weighted by Crippen LogP contribution is 2.27. The molecule has 0 bridgehead atoms. The first-order chi connectivity index (χ1) is 15.2. The minimum absolute atomic E-state index is 0.133. The maximum atomic E-state index is 7.02. The number of rotatable bonds is 26. The van der Waals surface area contributed by atoms with Crippen LogP contribution in [0.2, 0.25) is 0 Å². The van der Waals surface area contributed by atoms with Crippen molar-refractivity contribution in [3.8, 4) is 0 Å². The average Bonchev–Trinajstić information content (AvgIpc) is 2.77. The third-order valence-corrected chi connectivity index (χ3v) is 7.33. The second-order valence-corrected chi connectivity index (χ2v) is 10.7. The maximum Gasteiger partial charge on any atom is 0.0154 e. The lowest BCUT2D eigenvalue weighted by atomic mass is 9.82. The molecule has 0 fully saturated rings. The second kappa shape index (κ2) is 24.6. The van der Waals surface area contributed by atoms with E-state index in [0.717, 1.165) is 0 Å². The largest absolute Gasteiger partial charge is 0.325 e. The first-order valence-corrected chi connectivity index (χ1v) is 15.0. The van der Waals surface area contributed by atoms with E-state index >= 15 is 0 Å². The van der Waals surface area contributed by atoms with Crippen molar-refractivity contribution in [2.75, 3.05) is 0 Å². The van der Waals surface area contributed by atoms with Crippen molar-refractivity contribution in [3.05, 3.63) is 0 Å². The molecule has 0 heterocycles. The monoisotopic (exact) mass is 437 g/mol. The molecule has 188 valence electrons. The molecule has 31 heavy (non-hydrogen) atoms. The summed E-state index contributed by atoms with van der Waals surface area (Å²) in [5.74, 6) is 0. The van der Waals surface area contributed by atoms with Crippen LogP contribution in [0.5, 0.6) is 0 Å². The standard InChI is InChI=1S/C30H63N/c1-4-7-10-13-16-17-20-23-26-29-30(31,27-24-21-18-14-11-8-5-2)28-25-22-19-15-12-9-6-3/h4-29,31H2,1-3H3. The smallest absolute Gasteiger partial charge is 0.0154 e. The summed E-state index contributed by atoms with van der Waals surface area (Å²) in [6, 6.07) is 0. The van der Waals surface area contributed by atoms with Gasteiger partial charge in [-0.2, -0.15) is 0 Å². The average molecular weight is 438 g/mol. The van der Waals surface area contributed by atoms with Crippen LogP contribution in [-0.4, -0.2) is 5.54 Å². The highest BCUT2D eigenvalue weighted by molar-refractivity contribution is 4.84. The summed E-state index contributed by atoms with van der Waals surface area (Å²) in [6.07, 6.45) is 36.2. The normalized spacial score (nSPS) is 12.0.